The normalized spacial score (nSPS) is 22.9. The van der Waals surface area contributed by atoms with Gasteiger partial charge in [0, 0.05) is 25.3 Å². The van der Waals surface area contributed by atoms with Gasteiger partial charge in [-0.25, -0.2) is 0 Å². The Bertz CT molecular complexity index is 399. The summed E-state index contributed by atoms with van der Waals surface area (Å²) in [5.41, 5.74) is 2.83. The van der Waals surface area contributed by atoms with Crippen LogP contribution >= 0.6 is 0 Å². The van der Waals surface area contributed by atoms with E-state index in [0.717, 1.165) is 44.8 Å². The summed E-state index contributed by atoms with van der Waals surface area (Å²) in [5, 5.41) is 3.33. The van der Waals surface area contributed by atoms with E-state index in [0.29, 0.717) is 6.10 Å². The summed E-state index contributed by atoms with van der Waals surface area (Å²) >= 11 is 0. The van der Waals surface area contributed by atoms with Gasteiger partial charge in [-0.05, 0) is 50.1 Å². The van der Waals surface area contributed by atoms with Crippen LogP contribution in [0.1, 0.15) is 18.9 Å². The molecule has 0 radical (unpaired) electrons. The minimum absolute atomic E-state index is 0.358. The standard InChI is InChI=1S/C14H20N2O/c1-2-16-8-6-11-9-12(3-4-14(11)16)17-13-5-7-15-10-13/h3-4,9,13,15H,2,5-8,10H2,1H3. The van der Waals surface area contributed by atoms with Gasteiger partial charge in [0.1, 0.15) is 11.9 Å². The molecule has 1 unspecified atom stereocenters. The largest absolute Gasteiger partial charge is 0.489 e. The summed E-state index contributed by atoms with van der Waals surface area (Å²) in [4.78, 5) is 2.43. The molecule has 2 heterocycles. The molecular formula is C14H20N2O. The minimum atomic E-state index is 0.358. The van der Waals surface area contributed by atoms with Gasteiger partial charge in [-0.1, -0.05) is 0 Å². The monoisotopic (exact) mass is 232 g/mol. The third kappa shape index (κ3) is 2.12. The molecule has 17 heavy (non-hydrogen) atoms. The molecule has 1 aromatic rings. The molecule has 0 aliphatic carbocycles. The lowest BCUT2D eigenvalue weighted by atomic mass is 10.1. The summed E-state index contributed by atoms with van der Waals surface area (Å²) in [5.74, 6) is 1.04. The first kappa shape index (κ1) is 10.9. The van der Waals surface area contributed by atoms with Gasteiger partial charge in [0.2, 0.25) is 0 Å². The zero-order valence-corrected chi connectivity index (χ0v) is 10.4. The second-order valence-corrected chi connectivity index (χ2v) is 4.85. The minimum Gasteiger partial charge on any atom is -0.489 e. The van der Waals surface area contributed by atoms with Gasteiger partial charge in [0.25, 0.3) is 0 Å². The molecule has 1 fully saturated rings. The molecule has 1 aromatic carbocycles. The molecule has 0 saturated carbocycles. The summed E-state index contributed by atoms with van der Waals surface area (Å²) in [6.45, 7) is 6.53. The van der Waals surface area contributed by atoms with E-state index in [9.17, 15) is 0 Å². The molecule has 0 spiro atoms. The number of hydrogen-bond acceptors (Lipinski definition) is 3. The molecule has 3 nitrogen and oxygen atoms in total. The Morgan fingerprint density at radius 3 is 3.18 bits per heavy atom. The van der Waals surface area contributed by atoms with Crippen LogP contribution in [0.15, 0.2) is 18.2 Å². The first-order valence-electron chi connectivity index (χ1n) is 6.62. The second-order valence-electron chi connectivity index (χ2n) is 4.85. The van der Waals surface area contributed by atoms with E-state index in [-0.39, 0.29) is 0 Å². The Morgan fingerprint density at radius 1 is 1.47 bits per heavy atom. The summed E-state index contributed by atoms with van der Waals surface area (Å²) in [6, 6.07) is 6.55. The summed E-state index contributed by atoms with van der Waals surface area (Å²) < 4.78 is 5.99. The predicted octanol–water partition coefficient (Wildman–Crippen LogP) is 1.81. The van der Waals surface area contributed by atoms with Gasteiger partial charge in [0.05, 0.1) is 0 Å². The third-order valence-corrected chi connectivity index (χ3v) is 3.74. The Kier molecular flexibility index (Phi) is 2.93. The highest BCUT2D eigenvalue weighted by atomic mass is 16.5. The molecule has 2 aliphatic heterocycles. The van der Waals surface area contributed by atoms with Gasteiger partial charge < -0.3 is 15.0 Å². The number of nitrogens with zero attached hydrogens (tertiary/aromatic N) is 1. The topological polar surface area (TPSA) is 24.5 Å². The average molecular weight is 232 g/mol. The van der Waals surface area contributed by atoms with E-state index < -0.39 is 0 Å². The number of fused-ring (bicyclic) bond motifs is 1. The zero-order valence-electron chi connectivity index (χ0n) is 10.4. The van der Waals surface area contributed by atoms with Gasteiger partial charge >= 0.3 is 0 Å². The fraction of sp³-hybridized carbons (Fsp3) is 0.571. The van der Waals surface area contributed by atoms with Crippen LogP contribution in [0.3, 0.4) is 0 Å². The van der Waals surface area contributed by atoms with Crippen molar-refractivity contribution in [3.63, 3.8) is 0 Å². The molecule has 92 valence electrons. The molecule has 1 N–H and O–H groups in total. The summed E-state index contributed by atoms with van der Waals surface area (Å²) in [6.07, 6.45) is 2.64. The molecule has 0 aromatic heterocycles. The molecule has 3 heteroatoms. The first-order chi connectivity index (χ1) is 8.36. The average Bonchev–Trinajstić information content (AvgIpc) is 2.97. The van der Waals surface area contributed by atoms with E-state index >= 15 is 0 Å². The van der Waals surface area contributed by atoms with Gasteiger partial charge in [-0.2, -0.15) is 0 Å². The SMILES string of the molecule is CCN1CCc2cc(OC3CCNC3)ccc21. The fourth-order valence-electron chi connectivity index (χ4n) is 2.77. The number of likely N-dealkylation sites (N-methyl/N-ethyl adjacent to an activating group) is 1. The van der Waals surface area contributed by atoms with Crippen molar-refractivity contribution in [2.45, 2.75) is 25.9 Å². The fourth-order valence-corrected chi connectivity index (χ4v) is 2.77. The van der Waals surface area contributed by atoms with Gasteiger partial charge in [-0.15, -0.1) is 0 Å². The Hall–Kier alpha value is -1.22. The van der Waals surface area contributed by atoms with Crippen LogP contribution in [0.5, 0.6) is 5.75 Å². The lowest BCUT2D eigenvalue weighted by Gasteiger charge is -2.17. The van der Waals surface area contributed by atoms with Crippen molar-refractivity contribution in [3.05, 3.63) is 23.8 Å². The van der Waals surface area contributed by atoms with Crippen molar-refractivity contribution in [1.82, 2.24) is 5.32 Å². The van der Waals surface area contributed by atoms with Crippen LogP contribution in [0.4, 0.5) is 5.69 Å². The molecule has 0 amide bonds. The van der Waals surface area contributed by atoms with Crippen LogP contribution in [-0.2, 0) is 6.42 Å². The van der Waals surface area contributed by atoms with E-state index in [1.165, 1.54) is 11.3 Å². The van der Waals surface area contributed by atoms with Crippen molar-refractivity contribution in [2.75, 3.05) is 31.1 Å². The maximum atomic E-state index is 5.99. The van der Waals surface area contributed by atoms with Crippen molar-refractivity contribution >= 4 is 5.69 Å². The zero-order chi connectivity index (χ0) is 11.7. The Morgan fingerprint density at radius 2 is 2.41 bits per heavy atom. The number of nitrogens with one attached hydrogen (secondary N) is 1. The maximum Gasteiger partial charge on any atom is 0.120 e. The highest BCUT2D eigenvalue weighted by Gasteiger charge is 2.20. The van der Waals surface area contributed by atoms with E-state index in [4.69, 9.17) is 4.74 Å². The lowest BCUT2D eigenvalue weighted by molar-refractivity contribution is 0.223. The van der Waals surface area contributed by atoms with Crippen molar-refractivity contribution in [3.8, 4) is 5.75 Å². The molecular weight excluding hydrogens is 212 g/mol. The molecule has 0 bridgehead atoms. The van der Waals surface area contributed by atoms with E-state index in [1.807, 2.05) is 0 Å². The van der Waals surface area contributed by atoms with Crippen LogP contribution in [0.2, 0.25) is 0 Å². The number of ether oxygens (including phenoxy) is 1. The Labute approximate surface area is 103 Å². The number of benzene rings is 1. The predicted molar refractivity (Wildman–Crippen MR) is 69.9 cm³/mol. The highest BCUT2D eigenvalue weighted by molar-refractivity contribution is 5.60. The first-order valence-corrected chi connectivity index (χ1v) is 6.62. The summed E-state index contributed by atoms with van der Waals surface area (Å²) in [7, 11) is 0. The van der Waals surface area contributed by atoms with Crippen molar-refractivity contribution in [1.29, 1.82) is 0 Å². The molecule has 3 rings (SSSR count). The number of hydrogen-bond donors (Lipinski definition) is 1. The van der Waals surface area contributed by atoms with Crippen LogP contribution in [0, 0.1) is 0 Å². The van der Waals surface area contributed by atoms with Gasteiger partial charge in [-0.3, -0.25) is 0 Å². The number of anilines is 1. The second kappa shape index (κ2) is 4.57. The van der Waals surface area contributed by atoms with E-state index in [1.54, 1.807) is 0 Å². The van der Waals surface area contributed by atoms with Gasteiger partial charge in [0.15, 0.2) is 0 Å². The molecule has 1 atom stereocenters. The lowest BCUT2D eigenvalue weighted by Crippen LogP contribution is -2.20. The Balaban J connectivity index is 1.75. The van der Waals surface area contributed by atoms with Crippen LogP contribution < -0.4 is 15.0 Å². The quantitative estimate of drug-likeness (QED) is 0.860. The van der Waals surface area contributed by atoms with Crippen molar-refractivity contribution < 1.29 is 4.74 Å². The molecule has 1 saturated heterocycles. The van der Waals surface area contributed by atoms with E-state index in [2.05, 4.69) is 35.3 Å². The molecule has 2 aliphatic rings. The number of rotatable bonds is 3. The smallest absolute Gasteiger partial charge is 0.120 e. The van der Waals surface area contributed by atoms with Crippen molar-refractivity contribution in [2.24, 2.45) is 0 Å². The van der Waals surface area contributed by atoms with Crippen LogP contribution in [0.25, 0.3) is 0 Å². The highest BCUT2D eigenvalue weighted by Crippen LogP contribution is 2.31. The maximum absolute atomic E-state index is 5.99. The third-order valence-electron chi connectivity index (χ3n) is 3.74. The van der Waals surface area contributed by atoms with Crippen LogP contribution in [-0.4, -0.2) is 32.3 Å².